The van der Waals surface area contributed by atoms with Crippen molar-refractivity contribution in [3.63, 3.8) is 0 Å². The van der Waals surface area contributed by atoms with Crippen LogP contribution < -0.4 is 14.8 Å². The van der Waals surface area contributed by atoms with Gasteiger partial charge in [-0.15, -0.1) is 10.2 Å². The van der Waals surface area contributed by atoms with E-state index in [1.807, 2.05) is 42.7 Å². The Morgan fingerprint density at radius 2 is 1.84 bits per heavy atom. The molecular formula is C21H22Cl2N4O3S. The average molecular weight is 481 g/mol. The van der Waals surface area contributed by atoms with Gasteiger partial charge in [-0.25, -0.2) is 0 Å². The van der Waals surface area contributed by atoms with Gasteiger partial charge in [0.1, 0.15) is 11.5 Å². The van der Waals surface area contributed by atoms with Crippen LogP contribution in [0.2, 0.25) is 10.0 Å². The predicted octanol–water partition coefficient (Wildman–Crippen LogP) is 5.48. The number of methoxy groups -OCH3 is 1. The van der Waals surface area contributed by atoms with Crippen molar-refractivity contribution in [2.45, 2.75) is 31.7 Å². The van der Waals surface area contributed by atoms with Crippen molar-refractivity contribution in [1.29, 1.82) is 0 Å². The highest BCUT2D eigenvalue weighted by Gasteiger charge is 2.19. The summed E-state index contributed by atoms with van der Waals surface area (Å²) in [5.41, 5.74) is 0.583. The third kappa shape index (κ3) is 6.06. The molecule has 2 aromatic carbocycles. The smallest absolute Gasteiger partial charge is 0.234 e. The van der Waals surface area contributed by atoms with Gasteiger partial charge < -0.3 is 19.4 Å². The van der Waals surface area contributed by atoms with Gasteiger partial charge in [0, 0.05) is 12.2 Å². The molecule has 0 saturated heterocycles. The van der Waals surface area contributed by atoms with Crippen LogP contribution in [0.15, 0.2) is 47.6 Å². The molecule has 0 fully saturated rings. The Labute approximate surface area is 195 Å². The third-order valence-electron chi connectivity index (χ3n) is 4.33. The van der Waals surface area contributed by atoms with Crippen molar-refractivity contribution in [2.75, 3.05) is 18.2 Å². The quantitative estimate of drug-likeness (QED) is 0.408. The highest BCUT2D eigenvalue weighted by atomic mass is 35.5. The van der Waals surface area contributed by atoms with Crippen molar-refractivity contribution in [3.8, 4) is 11.5 Å². The van der Waals surface area contributed by atoms with Crippen LogP contribution in [0.3, 0.4) is 0 Å². The zero-order valence-electron chi connectivity index (χ0n) is 17.3. The number of anilines is 1. The SMILES string of the molecule is CCn1c(SCC(=O)Nc2ccc(Cl)c(Cl)c2)nnc1C(C)Oc1ccc(OC)cc1. The zero-order chi connectivity index (χ0) is 22.4. The maximum atomic E-state index is 12.3. The van der Waals surface area contributed by atoms with Gasteiger partial charge in [0.2, 0.25) is 5.91 Å². The molecule has 0 radical (unpaired) electrons. The van der Waals surface area contributed by atoms with E-state index in [0.29, 0.717) is 39.0 Å². The summed E-state index contributed by atoms with van der Waals surface area (Å²) in [5, 5.41) is 12.8. The van der Waals surface area contributed by atoms with Crippen molar-refractivity contribution >= 4 is 46.6 Å². The molecule has 1 heterocycles. The first kappa shape index (κ1) is 23.2. The molecule has 3 aromatic rings. The molecule has 0 aliphatic carbocycles. The molecule has 0 saturated carbocycles. The number of aromatic nitrogens is 3. The zero-order valence-corrected chi connectivity index (χ0v) is 19.6. The first-order valence-corrected chi connectivity index (χ1v) is 11.3. The largest absolute Gasteiger partial charge is 0.497 e. The predicted molar refractivity (Wildman–Crippen MR) is 124 cm³/mol. The summed E-state index contributed by atoms with van der Waals surface area (Å²) in [6.45, 7) is 4.55. The molecular weight excluding hydrogens is 459 g/mol. The number of ether oxygens (including phenoxy) is 2. The standard InChI is InChI=1S/C21H22Cl2N4O3S/c1-4-27-20(13(2)30-16-8-6-15(29-3)7-9-16)25-26-21(27)31-12-19(28)24-14-5-10-17(22)18(23)11-14/h5-11,13H,4,12H2,1-3H3,(H,24,28). The van der Waals surface area contributed by atoms with E-state index in [1.165, 1.54) is 11.8 Å². The summed E-state index contributed by atoms with van der Waals surface area (Å²) in [4.78, 5) is 12.3. The lowest BCUT2D eigenvalue weighted by Gasteiger charge is -2.15. The van der Waals surface area contributed by atoms with Gasteiger partial charge in [-0.2, -0.15) is 0 Å². The van der Waals surface area contributed by atoms with Crippen LogP contribution in [0.25, 0.3) is 0 Å². The van der Waals surface area contributed by atoms with Crippen LogP contribution in [-0.2, 0) is 11.3 Å². The lowest BCUT2D eigenvalue weighted by atomic mass is 10.3. The summed E-state index contributed by atoms with van der Waals surface area (Å²) in [6.07, 6.45) is -0.319. The second kappa shape index (κ2) is 10.7. The summed E-state index contributed by atoms with van der Waals surface area (Å²) < 4.78 is 13.1. The van der Waals surface area contributed by atoms with Gasteiger partial charge in [0.05, 0.1) is 22.9 Å². The third-order valence-corrected chi connectivity index (χ3v) is 6.04. The van der Waals surface area contributed by atoms with Crippen LogP contribution in [0, 0.1) is 0 Å². The lowest BCUT2D eigenvalue weighted by Crippen LogP contribution is -2.15. The van der Waals surface area contributed by atoms with Gasteiger partial charge in [-0.3, -0.25) is 4.79 Å². The average Bonchev–Trinajstić information content (AvgIpc) is 3.18. The molecule has 10 heteroatoms. The summed E-state index contributed by atoms with van der Waals surface area (Å²) in [6, 6.07) is 12.3. The Kier molecular flexibility index (Phi) is 8.06. The molecule has 1 unspecified atom stereocenters. The molecule has 1 amide bonds. The number of hydrogen-bond donors (Lipinski definition) is 1. The fraction of sp³-hybridized carbons (Fsp3) is 0.286. The molecule has 0 aliphatic heterocycles. The Morgan fingerprint density at radius 1 is 1.13 bits per heavy atom. The number of nitrogens with one attached hydrogen (secondary N) is 1. The first-order chi connectivity index (χ1) is 14.9. The molecule has 0 spiro atoms. The van der Waals surface area contributed by atoms with Crippen LogP contribution in [0.4, 0.5) is 5.69 Å². The van der Waals surface area contributed by atoms with Crippen molar-refractivity contribution < 1.29 is 14.3 Å². The lowest BCUT2D eigenvalue weighted by molar-refractivity contribution is -0.113. The molecule has 1 N–H and O–H groups in total. The van der Waals surface area contributed by atoms with E-state index in [4.69, 9.17) is 32.7 Å². The molecule has 164 valence electrons. The molecule has 1 atom stereocenters. The Bertz CT molecular complexity index is 1040. The monoisotopic (exact) mass is 480 g/mol. The van der Waals surface area contributed by atoms with E-state index in [-0.39, 0.29) is 17.8 Å². The van der Waals surface area contributed by atoms with Gasteiger partial charge >= 0.3 is 0 Å². The number of hydrogen-bond acceptors (Lipinski definition) is 6. The van der Waals surface area contributed by atoms with Crippen LogP contribution in [-0.4, -0.2) is 33.5 Å². The van der Waals surface area contributed by atoms with Crippen LogP contribution in [0.5, 0.6) is 11.5 Å². The Balaban J connectivity index is 1.61. The number of benzene rings is 2. The second-order valence-electron chi connectivity index (χ2n) is 6.49. The summed E-state index contributed by atoms with van der Waals surface area (Å²) in [7, 11) is 1.62. The Morgan fingerprint density at radius 3 is 2.48 bits per heavy atom. The van der Waals surface area contributed by atoms with Crippen molar-refractivity contribution in [1.82, 2.24) is 14.8 Å². The maximum absolute atomic E-state index is 12.3. The minimum atomic E-state index is -0.319. The fourth-order valence-corrected chi connectivity index (χ4v) is 3.92. The van der Waals surface area contributed by atoms with E-state index < -0.39 is 0 Å². The van der Waals surface area contributed by atoms with Crippen LogP contribution >= 0.6 is 35.0 Å². The minimum absolute atomic E-state index is 0.173. The molecule has 31 heavy (non-hydrogen) atoms. The van der Waals surface area contributed by atoms with Gasteiger partial charge in [-0.05, 0) is 56.3 Å². The van der Waals surface area contributed by atoms with Gasteiger partial charge in [-0.1, -0.05) is 35.0 Å². The minimum Gasteiger partial charge on any atom is -0.497 e. The van der Waals surface area contributed by atoms with Gasteiger partial charge in [0.25, 0.3) is 0 Å². The normalized spacial score (nSPS) is 11.8. The van der Waals surface area contributed by atoms with Crippen LogP contribution in [0.1, 0.15) is 25.8 Å². The molecule has 1 aromatic heterocycles. The maximum Gasteiger partial charge on any atom is 0.234 e. The molecule has 3 rings (SSSR count). The number of thioether (sulfide) groups is 1. The van der Waals surface area contributed by atoms with Gasteiger partial charge in [0.15, 0.2) is 17.1 Å². The fourth-order valence-electron chi connectivity index (χ4n) is 2.82. The summed E-state index contributed by atoms with van der Waals surface area (Å²) in [5.74, 6) is 2.14. The molecule has 7 nitrogen and oxygen atoms in total. The van der Waals surface area contributed by atoms with Crippen molar-refractivity contribution in [3.05, 3.63) is 58.3 Å². The second-order valence-corrected chi connectivity index (χ2v) is 8.24. The topological polar surface area (TPSA) is 78.3 Å². The number of carbonyl (C=O) groups excluding carboxylic acids is 1. The number of amides is 1. The van der Waals surface area contributed by atoms with E-state index in [1.54, 1.807) is 25.3 Å². The van der Waals surface area contributed by atoms with E-state index in [0.717, 1.165) is 5.75 Å². The highest BCUT2D eigenvalue weighted by molar-refractivity contribution is 7.99. The first-order valence-electron chi connectivity index (χ1n) is 9.52. The number of halogens is 2. The number of carbonyl (C=O) groups is 1. The van der Waals surface area contributed by atoms with E-state index in [2.05, 4.69) is 15.5 Å². The van der Waals surface area contributed by atoms with E-state index in [9.17, 15) is 4.79 Å². The highest BCUT2D eigenvalue weighted by Crippen LogP contribution is 2.27. The number of rotatable bonds is 9. The Hall–Kier alpha value is -2.42. The molecule has 0 aliphatic rings. The van der Waals surface area contributed by atoms with Crippen molar-refractivity contribution in [2.24, 2.45) is 0 Å². The number of nitrogens with zero attached hydrogens (tertiary/aromatic N) is 3. The summed E-state index contributed by atoms with van der Waals surface area (Å²) >= 11 is 13.2. The van der Waals surface area contributed by atoms with E-state index >= 15 is 0 Å². The molecule has 0 bridgehead atoms.